The van der Waals surface area contributed by atoms with Gasteiger partial charge in [0, 0.05) is 5.69 Å². The SMILES string of the molecule is Cc1cccc(NC(=S)N/N=C\c2ccc(C(=O)[O-])cc2)c1C. The van der Waals surface area contributed by atoms with Crippen LogP contribution in [-0.4, -0.2) is 17.3 Å². The van der Waals surface area contributed by atoms with Crippen LogP contribution in [0.3, 0.4) is 0 Å². The van der Waals surface area contributed by atoms with Gasteiger partial charge < -0.3 is 15.2 Å². The Hall–Kier alpha value is -2.73. The molecule has 0 aliphatic rings. The molecule has 2 rings (SSSR count). The van der Waals surface area contributed by atoms with Gasteiger partial charge in [-0.3, -0.25) is 5.43 Å². The smallest absolute Gasteiger partial charge is 0.191 e. The number of nitrogens with zero attached hydrogens (tertiary/aromatic N) is 1. The Bertz CT molecular complexity index is 755. The van der Waals surface area contributed by atoms with Crippen LogP contribution in [0, 0.1) is 13.8 Å². The molecule has 0 unspecified atom stereocenters. The van der Waals surface area contributed by atoms with Crippen LogP contribution in [0.15, 0.2) is 47.6 Å². The van der Waals surface area contributed by atoms with E-state index in [2.05, 4.69) is 15.8 Å². The summed E-state index contributed by atoms with van der Waals surface area (Å²) in [6.07, 6.45) is 1.55. The molecule has 6 heteroatoms. The van der Waals surface area contributed by atoms with E-state index in [-0.39, 0.29) is 5.56 Å². The molecule has 0 aliphatic heterocycles. The van der Waals surface area contributed by atoms with Crippen LogP contribution >= 0.6 is 12.2 Å². The maximum absolute atomic E-state index is 10.7. The molecular weight excluding hydrogens is 310 g/mol. The number of carboxylic acid groups (broad SMARTS) is 1. The number of hydrogen-bond acceptors (Lipinski definition) is 4. The van der Waals surface area contributed by atoms with Crippen LogP contribution in [0.25, 0.3) is 0 Å². The van der Waals surface area contributed by atoms with Crippen molar-refractivity contribution in [2.45, 2.75) is 13.8 Å². The summed E-state index contributed by atoms with van der Waals surface area (Å²) in [4.78, 5) is 10.7. The average Bonchev–Trinajstić information content (AvgIpc) is 2.52. The number of aryl methyl sites for hydroxylation is 1. The summed E-state index contributed by atoms with van der Waals surface area (Å²) in [6, 6.07) is 12.1. The minimum absolute atomic E-state index is 0.127. The molecule has 0 fully saturated rings. The molecule has 0 aromatic heterocycles. The van der Waals surface area contributed by atoms with E-state index in [0.29, 0.717) is 5.11 Å². The molecule has 0 saturated carbocycles. The molecule has 5 nitrogen and oxygen atoms in total. The van der Waals surface area contributed by atoms with Gasteiger partial charge in [-0.1, -0.05) is 36.4 Å². The summed E-state index contributed by atoms with van der Waals surface area (Å²) >= 11 is 5.19. The summed E-state index contributed by atoms with van der Waals surface area (Å²) < 4.78 is 0. The second-order valence-corrected chi connectivity index (χ2v) is 5.39. The van der Waals surface area contributed by atoms with Gasteiger partial charge in [0.15, 0.2) is 5.11 Å². The lowest BCUT2D eigenvalue weighted by molar-refractivity contribution is -0.255. The van der Waals surface area contributed by atoms with E-state index in [0.717, 1.165) is 16.8 Å². The molecular formula is C17H16N3O2S-. The molecule has 0 saturated heterocycles. The Morgan fingerprint density at radius 3 is 2.52 bits per heavy atom. The number of hydrogen-bond donors (Lipinski definition) is 2. The molecule has 0 radical (unpaired) electrons. The van der Waals surface area contributed by atoms with Gasteiger partial charge in [0.2, 0.25) is 0 Å². The van der Waals surface area contributed by atoms with Gasteiger partial charge in [-0.15, -0.1) is 0 Å². The standard InChI is InChI=1S/C17H17N3O2S/c1-11-4-3-5-15(12(11)2)19-17(23)20-18-10-13-6-8-14(9-7-13)16(21)22/h3-10H,1-2H3,(H,21,22)(H2,19,20,23)/p-1/b18-10-. The minimum Gasteiger partial charge on any atom is -0.545 e. The van der Waals surface area contributed by atoms with Gasteiger partial charge >= 0.3 is 0 Å². The first-order chi connectivity index (χ1) is 11.0. The number of aromatic carboxylic acids is 1. The number of nitrogens with one attached hydrogen (secondary N) is 2. The highest BCUT2D eigenvalue weighted by molar-refractivity contribution is 7.80. The Balaban J connectivity index is 1.93. The summed E-state index contributed by atoms with van der Waals surface area (Å²) in [5.74, 6) is -1.20. The molecule has 0 aliphatic carbocycles. The van der Waals surface area contributed by atoms with Crippen molar-refractivity contribution in [3.63, 3.8) is 0 Å². The topological polar surface area (TPSA) is 76.5 Å². The fourth-order valence-electron chi connectivity index (χ4n) is 1.91. The van der Waals surface area contributed by atoms with Crippen LogP contribution < -0.4 is 15.8 Å². The molecule has 0 heterocycles. The van der Waals surface area contributed by atoms with Gasteiger partial charge in [0.05, 0.1) is 12.2 Å². The Kier molecular flexibility index (Phi) is 5.43. The number of carbonyl (C=O) groups is 1. The molecule has 23 heavy (non-hydrogen) atoms. The van der Waals surface area contributed by atoms with Crippen LogP contribution in [0.5, 0.6) is 0 Å². The average molecular weight is 326 g/mol. The number of rotatable bonds is 4. The van der Waals surface area contributed by atoms with Crippen LogP contribution in [0.2, 0.25) is 0 Å². The quantitative estimate of drug-likeness (QED) is 0.510. The van der Waals surface area contributed by atoms with Crippen molar-refractivity contribution in [2.24, 2.45) is 5.10 Å². The zero-order chi connectivity index (χ0) is 16.8. The van der Waals surface area contributed by atoms with Gasteiger partial charge in [0.1, 0.15) is 0 Å². The molecule has 118 valence electrons. The van der Waals surface area contributed by atoms with E-state index in [1.165, 1.54) is 17.7 Å². The van der Waals surface area contributed by atoms with Crippen molar-refractivity contribution in [3.8, 4) is 0 Å². The third-order valence-corrected chi connectivity index (χ3v) is 3.57. The Labute approximate surface area is 140 Å². The normalized spacial score (nSPS) is 10.5. The first-order valence-corrected chi connectivity index (χ1v) is 7.36. The molecule has 0 atom stereocenters. The molecule has 2 aromatic carbocycles. The monoisotopic (exact) mass is 326 g/mol. The zero-order valence-corrected chi connectivity index (χ0v) is 13.6. The number of thiocarbonyl (C=S) groups is 1. The molecule has 2 N–H and O–H groups in total. The molecule has 2 aromatic rings. The van der Waals surface area contributed by atoms with Crippen molar-refractivity contribution in [3.05, 3.63) is 64.7 Å². The van der Waals surface area contributed by atoms with E-state index < -0.39 is 5.97 Å². The largest absolute Gasteiger partial charge is 0.545 e. The van der Waals surface area contributed by atoms with E-state index >= 15 is 0 Å². The predicted molar refractivity (Wildman–Crippen MR) is 93.6 cm³/mol. The summed E-state index contributed by atoms with van der Waals surface area (Å²) in [7, 11) is 0. The highest BCUT2D eigenvalue weighted by atomic mass is 32.1. The van der Waals surface area contributed by atoms with Crippen LogP contribution in [0.1, 0.15) is 27.0 Å². The van der Waals surface area contributed by atoms with Crippen molar-refractivity contribution in [1.29, 1.82) is 0 Å². The highest BCUT2D eigenvalue weighted by Gasteiger charge is 2.01. The summed E-state index contributed by atoms with van der Waals surface area (Å²) in [5.41, 5.74) is 6.82. The third-order valence-electron chi connectivity index (χ3n) is 3.38. The number of carbonyl (C=O) groups excluding carboxylic acids is 1. The first-order valence-electron chi connectivity index (χ1n) is 6.95. The van der Waals surface area contributed by atoms with Crippen molar-refractivity contribution >= 4 is 35.2 Å². The number of anilines is 1. The lowest BCUT2D eigenvalue weighted by Crippen LogP contribution is -2.24. The fourth-order valence-corrected chi connectivity index (χ4v) is 2.07. The van der Waals surface area contributed by atoms with E-state index in [1.54, 1.807) is 18.3 Å². The number of hydrazone groups is 1. The van der Waals surface area contributed by atoms with Gasteiger partial charge in [-0.2, -0.15) is 5.10 Å². The minimum atomic E-state index is -1.20. The molecule has 0 spiro atoms. The van der Waals surface area contributed by atoms with Crippen LogP contribution in [-0.2, 0) is 0 Å². The Morgan fingerprint density at radius 1 is 1.17 bits per heavy atom. The van der Waals surface area contributed by atoms with E-state index in [1.807, 2.05) is 32.0 Å². The maximum Gasteiger partial charge on any atom is 0.191 e. The molecule has 0 amide bonds. The van der Waals surface area contributed by atoms with Crippen molar-refractivity contribution in [2.75, 3.05) is 5.32 Å². The fraction of sp³-hybridized carbons (Fsp3) is 0.118. The zero-order valence-electron chi connectivity index (χ0n) is 12.8. The van der Waals surface area contributed by atoms with Crippen LogP contribution in [0.4, 0.5) is 5.69 Å². The van der Waals surface area contributed by atoms with Gasteiger partial charge in [-0.05, 0) is 54.4 Å². The van der Waals surface area contributed by atoms with Crippen molar-refractivity contribution < 1.29 is 9.90 Å². The Morgan fingerprint density at radius 2 is 1.87 bits per heavy atom. The van der Waals surface area contributed by atoms with Gasteiger partial charge in [0.25, 0.3) is 0 Å². The second kappa shape index (κ2) is 7.51. The number of carboxylic acids is 1. The molecule has 0 bridgehead atoms. The second-order valence-electron chi connectivity index (χ2n) is 4.98. The van der Waals surface area contributed by atoms with Gasteiger partial charge in [-0.25, -0.2) is 0 Å². The number of benzene rings is 2. The highest BCUT2D eigenvalue weighted by Crippen LogP contribution is 2.17. The van der Waals surface area contributed by atoms with Crippen molar-refractivity contribution in [1.82, 2.24) is 5.43 Å². The van der Waals surface area contributed by atoms with E-state index in [4.69, 9.17) is 12.2 Å². The lowest BCUT2D eigenvalue weighted by atomic mass is 10.1. The van der Waals surface area contributed by atoms with E-state index in [9.17, 15) is 9.90 Å². The lowest BCUT2D eigenvalue weighted by Gasteiger charge is -2.11. The third kappa shape index (κ3) is 4.62. The summed E-state index contributed by atoms with van der Waals surface area (Å²) in [6.45, 7) is 4.05. The summed E-state index contributed by atoms with van der Waals surface area (Å²) in [5, 5.41) is 18.1. The predicted octanol–water partition coefficient (Wildman–Crippen LogP) is 1.99. The maximum atomic E-state index is 10.7. The first kappa shape index (κ1) is 16.6.